The Morgan fingerprint density at radius 3 is 2.59 bits per heavy atom. The lowest BCUT2D eigenvalue weighted by Crippen LogP contribution is -2.25. The Hall–Kier alpha value is -4.74. The number of aryl methyl sites for hydroxylation is 1. The molecule has 0 aliphatic heterocycles. The van der Waals surface area contributed by atoms with Gasteiger partial charge in [0.15, 0.2) is 0 Å². The highest BCUT2D eigenvalue weighted by Gasteiger charge is 2.35. The highest BCUT2D eigenvalue weighted by atomic mass is 19.4. The topological polar surface area (TPSA) is 94.0 Å². The number of hydrogen-bond donors (Lipinski definition) is 2. The van der Waals surface area contributed by atoms with E-state index >= 15 is 0 Å². The number of carbonyl (C=O) groups is 1. The Morgan fingerprint density at radius 1 is 1.08 bits per heavy atom. The number of fused-ring (bicyclic) bond motifs is 1. The zero-order chi connectivity index (χ0) is 27.7. The molecule has 0 fully saturated rings. The maximum Gasteiger partial charge on any atom is 0.416 e. The third-order valence-corrected chi connectivity index (χ3v) is 6.17. The number of anilines is 1. The summed E-state index contributed by atoms with van der Waals surface area (Å²) in [5.74, 6) is 0.0666. The summed E-state index contributed by atoms with van der Waals surface area (Å²) in [6, 6.07) is 10.1. The van der Waals surface area contributed by atoms with Crippen molar-refractivity contribution in [3.05, 3.63) is 89.8 Å². The lowest BCUT2D eigenvalue weighted by molar-refractivity contribution is -0.0886. The molecule has 1 atom stereocenters. The van der Waals surface area contributed by atoms with Crippen molar-refractivity contribution < 1.29 is 27.1 Å². The Labute approximate surface area is 220 Å². The Morgan fingerprint density at radius 2 is 1.85 bits per heavy atom. The zero-order valence-corrected chi connectivity index (χ0v) is 20.8. The first-order valence-electron chi connectivity index (χ1n) is 11.8. The maximum atomic E-state index is 13.7. The largest absolute Gasteiger partial charge is 0.457 e. The van der Waals surface area contributed by atoms with Crippen LogP contribution in [0.25, 0.3) is 16.6 Å². The molecule has 1 aliphatic carbocycles. The molecule has 0 spiro atoms. The quantitative estimate of drug-likeness (QED) is 0.252. The van der Waals surface area contributed by atoms with E-state index < -0.39 is 23.7 Å². The van der Waals surface area contributed by atoms with Crippen LogP contribution in [0.1, 0.15) is 22.5 Å². The molecule has 39 heavy (non-hydrogen) atoms. The number of alkyl halides is 3. The number of aromatic nitrogens is 4. The van der Waals surface area contributed by atoms with Gasteiger partial charge in [0.05, 0.1) is 22.6 Å². The monoisotopic (exact) mass is 538 g/mol. The van der Waals surface area contributed by atoms with Crippen molar-refractivity contribution in [2.45, 2.75) is 18.6 Å². The second-order valence-electron chi connectivity index (χ2n) is 8.81. The normalized spacial score (nSPS) is 15.5. The van der Waals surface area contributed by atoms with Crippen LogP contribution in [-0.4, -0.2) is 44.7 Å². The lowest BCUT2D eigenvalue weighted by Gasteiger charge is -2.24. The van der Waals surface area contributed by atoms with E-state index in [4.69, 9.17) is 4.74 Å². The van der Waals surface area contributed by atoms with Crippen molar-refractivity contribution in [1.29, 1.82) is 0 Å². The van der Waals surface area contributed by atoms with Gasteiger partial charge in [-0.3, -0.25) is 9.78 Å². The summed E-state index contributed by atoms with van der Waals surface area (Å²) in [6.45, 7) is 0. The summed E-state index contributed by atoms with van der Waals surface area (Å²) in [6.07, 6.45) is 0.395. The SMILES string of the molecule is CNC(=O)c1cc(Oc2ccc3c(c2)nc(NC2C=C(C(F)(F)F)C=C(c4ccnc(F)c4)C2)n3C)ccn1. The summed E-state index contributed by atoms with van der Waals surface area (Å²) in [5.41, 5.74) is 1.27. The molecule has 1 unspecified atom stereocenters. The van der Waals surface area contributed by atoms with Crippen LogP contribution in [0.3, 0.4) is 0 Å². The van der Waals surface area contributed by atoms with Gasteiger partial charge < -0.3 is 19.9 Å². The van der Waals surface area contributed by atoms with E-state index in [0.717, 1.165) is 18.2 Å². The molecule has 0 saturated heterocycles. The van der Waals surface area contributed by atoms with Gasteiger partial charge in [0, 0.05) is 44.7 Å². The van der Waals surface area contributed by atoms with E-state index in [0.29, 0.717) is 39.6 Å². The van der Waals surface area contributed by atoms with E-state index in [9.17, 15) is 22.4 Å². The summed E-state index contributed by atoms with van der Waals surface area (Å²) >= 11 is 0. The first-order chi connectivity index (χ1) is 18.6. The third-order valence-electron chi connectivity index (χ3n) is 6.17. The van der Waals surface area contributed by atoms with Crippen LogP contribution in [0, 0.1) is 5.95 Å². The predicted molar refractivity (Wildman–Crippen MR) is 137 cm³/mol. The second-order valence-corrected chi connectivity index (χ2v) is 8.81. The molecule has 5 rings (SSSR count). The van der Waals surface area contributed by atoms with Gasteiger partial charge in [-0.2, -0.15) is 17.6 Å². The highest BCUT2D eigenvalue weighted by molar-refractivity contribution is 5.92. The number of rotatable bonds is 6. The third kappa shape index (κ3) is 5.59. The Balaban J connectivity index is 1.41. The van der Waals surface area contributed by atoms with Crippen molar-refractivity contribution in [2.24, 2.45) is 7.05 Å². The summed E-state index contributed by atoms with van der Waals surface area (Å²) in [5, 5.41) is 5.58. The van der Waals surface area contributed by atoms with E-state index in [1.54, 1.807) is 35.9 Å². The fourth-order valence-electron chi connectivity index (χ4n) is 4.28. The Bertz CT molecular complexity index is 1630. The van der Waals surface area contributed by atoms with Gasteiger partial charge in [-0.25, -0.2) is 9.97 Å². The van der Waals surface area contributed by atoms with Gasteiger partial charge in [-0.15, -0.1) is 0 Å². The van der Waals surface area contributed by atoms with Crippen LogP contribution in [0.15, 0.2) is 72.6 Å². The van der Waals surface area contributed by atoms with E-state index in [2.05, 4.69) is 25.6 Å². The van der Waals surface area contributed by atoms with Gasteiger partial charge in [0.1, 0.15) is 17.2 Å². The molecule has 8 nitrogen and oxygen atoms in total. The number of amides is 1. The van der Waals surface area contributed by atoms with Crippen molar-refractivity contribution in [2.75, 3.05) is 12.4 Å². The first-order valence-corrected chi connectivity index (χ1v) is 11.8. The molecule has 200 valence electrons. The molecule has 3 aromatic heterocycles. The van der Waals surface area contributed by atoms with Crippen molar-refractivity contribution in [1.82, 2.24) is 24.8 Å². The molecule has 3 heterocycles. The number of benzene rings is 1. The zero-order valence-electron chi connectivity index (χ0n) is 20.8. The minimum Gasteiger partial charge on any atom is -0.457 e. The fourth-order valence-corrected chi connectivity index (χ4v) is 4.28. The second kappa shape index (κ2) is 10.2. The summed E-state index contributed by atoms with van der Waals surface area (Å²) in [7, 11) is 3.24. The van der Waals surface area contributed by atoms with Crippen molar-refractivity contribution in [3.8, 4) is 11.5 Å². The number of nitrogens with zero attached hydrogens (tertiary/aromatic N) is 4. The number of nitrogens with one attached hydrogen (secondary N) is 2. The average molecular weight is 539 g/mol. The molecule has 0 radical (unpaired) electrons. The van der Waals surface area contributed by atoms with Gasteiger partial charge in [0.25, 0.3) is 5.91 Å². The lowest BCUT2D eigenvalue weighted by atomic mass is 9.91. The van der Waals surface area contributed by atoms with Gasteiger partial charge >= 0.3 is 6.18 Å². The van der Waals surface area contributed by atoms with Crippen LogP contribution >= 0.6 is 0 Å². The molecule has 2 N–H and O–H groups in total. The van der Waals surface area contributed by atoms with E-state index in [1.165, 1.54) is 31.6 Å². The average Bonchev–Trinajstić information content (AvgIpc) is 3.21. The smallest absolute Gasteiger partial charge is 0.416 e. The van der Waals surface area contributed by atoms with Gasteiger partial charge in [-0.1, -0.05) is 0 Å². The van der Waals surface area contributed by atoms with Crippen molar-refractivity contribution in [3.63, 3.8) is 0 Å². The van der Waals surface area contributed by atoms with Crippen LogP contribution < -0.4 is 15.4 Å². The molecule has 0 bridgehead atoms. The highest BCUT2D eigenvalue weighted by Crippen LogP contribution is 2.36. The minimum absolute atomic E-state index is 0.177. The summed E-state index contributed by atoms with van der Waals surface area (Å²) in [4.78, 5) is 23.9. The van der Waals surface area contributed by atoms with Gasteiger partial charge in [-0.05, 0) is 54.0 Å². The molecular formula is C27H22F4N6O2. The number of carbonyl (C=O) groups excluding carboxylic acids is 1. The fraction of sp³-hybridized carbons (Fsp3) is 0.185. The van der Waals surface area contributed by atoms with E-state index in [-0.39, 0.29) is 18.0 Å². The minimum atomic E-state index is -4.58. The predicted octanol–water partition coefficient (Wildman–Crippen LogP) is 5.41. The molecule has 1 aromatic carbocycles. The molecule has 12 heteroatoms. The molecule has 0 saturated carbocycles. The van der Waals surface area contributed by atoms with Crippen LogP contribution in [0.5, 0.6) is 11.5 Å². The van der Waals surface area contributed by atoms with Crippen LogP contribution in [-0.2, 0) is 7.05 Å². The van der Waals surface area contributed by atoms with E-state index in [1.807, 2.05) is 0 Å². The maximum absolute atomic E-state index is 13.7. The number of ether oxygens (including phenoxy) is 1. The molecule has 1 amide bonds. The van der Waals surface area contributed by atoms with Crippen molar-refractivity contribution >= 4 is 28.5 Å². The number of imidazole rings is 1. The first kappa shape index (κ1) is 25.9. The van der Waals surface area contributed by atoms with Crippen LogP contribution in [0.4, 0.5) is 23.5 Å². The number of halogens is 4. The summed E-state index contributed by atoms with van der Waals surface area (Å²) < 4.78 is 62.4. The molecule has 4 aromatic rings. The number of allylic oxidation sites excluding steroid dienone is 2. The molecule has 1 aliphatic rings. The number of pyridine rings is 2. The van der Waals surface area contributed by atoms with Gasteiger partial charge in [0.2, 0.25) is 11.9 Å². The standard InChI is InChI=1S/C27H22F4N6O2/c1-32-25(38)22-14-20(6-8-33-22)39-19-3-4-23-21(13-19)36-26(37(23)2)35-18-10-16(9-17(12-18)27(29,30)31)15-5-7-34-24(28)11-15/h3-9,11-14,18H,10H2,1-2H3,(H,32,38)(H,35,36). The molecular weight excluding hydrogens is 516 g/mol. The Kier molecular flexibility index (Phi) is 6.77. The number of hydrogen-bond acceptors (Lipinski definition) is 6. The van der Waals surface area contributed by atoms with Crippen LogP contribution in [0.2, 0.25) is 0 Å².